The van der Waals surface area contributed by atoms with Gasteiger partial charge in [0.15, 0.2) is 0 Å². The summed E-state index contributed by atoms with van der Waals surface area (Å²) >= 11 is 1.69. The third-order valence-corrected chi connectivity index (χ3v) is 3.00. The van der Waals surface area contributed by atoms with Gasteiger partial charge in [0.25, 0.3) is 0 Å². The van der Waals surface area contributed by atoms with E-state index in [9.17, 15) is 4.79 Å². The monoisotopic (exact) mass is 242 g/mol. The van der Waals surface area contributed by atoms with Gasteiger partial charge in [-0.3, -0.25) is 9.89 Å². The Morgan fingerprint density at radius 3 is 3.06 bits per heavy atom. The third-order valence-electron chi connectivity index (χ3n) is 2.36. The number of hydrogen-bond acceptors (Lipinski definition) is 4. The lowest BCUT2D eigenvalue weighted by atomic mass is 10.2. The van der Waals surface area contributed by atoms with E-state index in [1.165, 1.54) is 0 Å². The highest BCUT2D eigenvalue weighted by atomic mass is 32.2. The van der Waals surface area contributed by atoms with Crippen LogP contribution in [0.4, 0.5) is 0 Å². The Bertz CT molecular complexity index is 339. The van der Waals surface area contributed by atoms with Crippen LogP contribution in [-0.2, 0) is 11.3 Å². The van der Waals surface area contributed by atoms with Crippen LogP contribution in [0.25, 0.3) is 0 Å². The van der Waals surface area contributed by atoms with Crippen molar-refractivity contribution in [3.8, 4) is 0 Å². The van der Waals surface area contributed by atoms with Gasteiger partial charge in [0.1, 0.15) is 0 Å². The molecule has 90 valence electrons. The molecule has 0 aliphatic heterocycles. The molecule has 0 spiro atoms. The Balaban J connectivity index is 2.32. The largest absolute Gasteiger partial charge is 0.351 e. The number of aromatic nitrogens is 2. The molecule has 0 fully saturated rings. The van der Waals surface area contributed by atoms with E-state index in [1.807, 2.05) is 13.2 Å². The van der Waals surface area contributed by atoms with Crippen LogP contribution in [0, 0.1) is 6.92 Å². The minimum absolute atomic E-state index is 0.102. The summed E-state index contributed by atoms with van der Waals surface area (Å²) in [5.74, 6) is 0.800. The first-order valence-corrected chi connectivity index (χ1v) is 6.55. The van der Waals surface area contributed by atoms with Crippen LogP contribution < -0.4 is 11.1 Å². The Kier molecular flexibility index (Phi) is 5.34. The molecule has 5 nitrogen and oxygen atoms in total. The molecule has 0 radical (unpaired) electrons. The van der Waals surface area contributed by atoms with E-state index >= 15 is 0 Å². The number of rotatable bonds is 6. The molecule has 0 saturated heterocycles. The van der Waals surface area contributed by atoms with Crippen LogP contribution in [0.3, 0.4) is 0 Å². The Morgan fingerprint density at radius 2 is 2.50 bits per heavy atom. The summed E-state index contributed by atoms with van der Waals surface area (Å²) in [6.07, 6.45) is 4.42. The van der Waals surface area contributed by atoms with Crippen molar-refractivity contribution >= 4 is 17.7 Å². The number of aromatic amines is 1. The molecule has 1 atom stereocenters. The van der Waals surface area contributed by atoms with Crippen molar-refractivity contribution in [1.82, 2.24) is 15.5 Å². The van der Waals surface area contributed by atoms with E-state index < -0.39 is 6.04 Å². The molecule has 4 N–H and O–H groups in total. The number of carbonyl (C=O) groups excluding carboxylic acids is 1. The minimum atomic E-state index is -0.417. The number of thioether (sulfide) groups is 1. The summed E-state index contributed by atoms with van der Waals surface area (Å²) in [6, 6.07) is -0.417. The highest BCUT2D eigenvalue weighted by Gasteiger charge is 2.12. The predicted molar refractivity (Wildman–Crippen MR) is 66.1 cm³/mol. The van der Waals surface area contributed by atoms with Gasteiger partial charge < -0.3 is 11.1 Å². The molecule has 0 aromatic carbocycles. The lowest BCUT2D eigenvalue weighted by molar-refractivity contribution is -0.122. The summed E-state index contributed by atoms with van der Waals surface area (Å²) in [7, 11) is 0. The van der Waals surface area contributed by atoms with Crippen LogP contribution in [0.5, 0.6) is 0 Å². The number of amides is 1. The molecule has 0 unspecified atom stereocenters. The van der Waals surface area contributed by atoms with Gasteiger partial charge in [-0.2, -0.15) is 16.9 Å². The van der Waals surface area contributed by atoms with Crippen molar-refractivity contribution in [3.05, 3.63) is 17.5 Å². The van der Waals surface area contributed by atoms with E-state index in [4.69, 9.17) is 5.73 Å². The van der Waals surface area contributed by atoms with Crippen molar-refractivity contribution in [2.45, 2.75) is 25.9 Å². The molecule has 0 bridgehead atoms. The van der Waals surface area contributed by atoms with Crippen molar-refractivity contribution in [2.75, 3.05) is 12.0 Å². The van der Waals surface area contributed by atoms with Gasteiger partial charge >= 0.3 is 0 Å². The smallest absolute Gasteiger partial charge is 0.237 e. The fourth-order valence-electron chi connectivity index (χ4n) is 1.24. The maximum absolute atomic E-state index is 11.6. The Labute approximate surface area is 99.6 Å². The second kappa shape index (κ2) is 6.55. The minimum Gasteiger partial charge on any atom is -0.351 e. The standard InChI is InChI=1S/C10H18N4OS/c1-7-8(6-13-14-7)5-12-10(15)9(11)3-4-16-2/h6,9H,3-5,11H2,1-2H3,(H,12,15)(H,13,14)/t9-/m1/s1. The lowest BCUT2D eigenvalue weighted by Crippen LogP contribution is -2.40. The molecule has 0 saturated carbocycles. The van der Waals surface area contributed by atoms with E-state index in [0.29, 0.717) is 13.0 Å². The van der Waals surface area contributed by atoms with Gasteiger partial charge in [-0.1, -0.05) is 0 Å². The second-order valence-electron chi connectivity index (χ2n) is 3.63. The highest BCUT2D eigenvalue weighted by Crippen LogP contribution is 2.02. The zero-order chi connectivity index (χ0) is 12.0. The number of aryl methyl sites for hydroxylation is 1. The molecule has 1 rings (SSSR count). The van der Waals surface area contributed by atoms with Crippen LogP contribution >= 0.6 is 11.8 Å². The number of nitrogens with zero attached hydrogens (tertiary/aromatic N) is 1. The molecule has 1 amide bonds. The molecular weight excluding hydrogens is 224 g/mol. The number of nitrogens with two attached hydrogens (primary N) is 1. The molecular formula is C10H18N4OS. The van der Waals surface area contributed by atoms with E-state index in [0.717, 1.165) is 17.0 Å². The maximum Gasteiger partial charge on any atom is 0.237 e. The number of carbonyl (C=O) groups is 1. The first kappa shape index (κ1) is 13.1. The summed E-state index contributed by atoms with van der Waals surface area (Å²) < 4.78 is 0. The molecule has 6 heteroatoms. The summed E-state index contributed by atoms with van der Waals surface area (Å²) in [5, 5.41) is 9.50. The fourth-order valence-corrected chi connectivity index (χ4v) is 1.73. The van der Waals surface area contributed by atoms with Gasteiger partial charge in [0.2, 0.25) is 5.91 Å². The number of nitrogens with one attached hydrogen (secondary N) is 2. The van der Waals surface area contributed by atoms with Crippen LogP contribution in [-0.4, -0.2) is 34.2 Å². The average Bonchev–Trinajstić information content (AvgIpc) is 2.68. The molecule has 0 aliphatic carbocycles. The van der Waals surface area contributed by atoms with Crippen molar-refractivity contribution < 1.29 is 4.79 Å². The fraction of sp³-hybridized carbons (Fsp3) is 0.600. The lowest BCUT2D eigenvalue weighted by Gasteiger charge is -2.11. The van der Waals surface area contributed by atoms with Crippen molar-refractivity contribution in [1.29, 1.82) is 0 Å². The van der Waals surface area contributed by atoms with Gasteiger partial charge in [0.05, 0.1) is 12.2 Å². The predicted octanol–water partition coefficient (Wildman–Crippen LogP) is 0.415. The summed E-state index contributed by atoms with van der Waals surface area (Å²) in [4.78, 5) is 11.6. The summed E-state index contributed by atoms with van der Waals surface area (Å²) in [6.45, 7) is 2.40. The second-order valence-corrected chi connectivity index (χ2v) is 4.61. The number of hydrogen-bond donors (Lipinski definition) is 3. The average molecular weight is 242 g/mol. The molecule has 1 heterocycles. The number of H-pyrrole nitrogens is 1. The SMILES string of the molecule is CSCC[C@@H](N)C(=O)NCc1cn[nH]c1C. The maximum atomic E-state index is 11.6. The highest BCUT2D eigenvalue weighted by molar-refractivity contribution is 7.98. The Hall–Kier alpha value is -1.01. The van der Waals surface area contributed by atoms with Gasteiger partial charge in [-0.25, -0.2) is 0 Å². The van der Waals surface area contributed by atoms with E-state index in [2.05, 4.69) is 15.5 Å². The van der Waals surface area contributed by atoms with Crippen LogP contribution in [0.15, 0.2) is 6.20 Å². The molecule has 1 aromatic heterocycles. The van der Waals surface area contributed by atoms with E-state index in [-0.39, 0.29) is 5.91 Å². The van der Waals surface area contributed by atoms with Gasteiger partial charge in [-0.15, -0.1) is 0 Å². The van der Waals surface area contributed by atoms with Crippen LogP contribution in [0.1, 0.15) is 17.7 Å². The topological polar surface area (TPSA) is 83.8 Å². The zero-order valence-corrected chi connectivity index (χ0v) is 10.4. The van der Waals surface area contributed by atoms with Gasteiger partial charge in [-0.05, 0) is 25.4 Å². The zero-order valence-electron chi connectivity index (χ0n) is 9.62. The first-order chi connectivity index (χ1) is 7.65. The normalized spacial score (nSPS) is 12.4. The quantitative estimate of drug-likeness (QED) is 0.675. The van der Waals surface area contributed by atoms with Crippen molar-refractivity contribution in [3.63, 3.8) is 0 Å². The van der Waals surface area contributed by atoms with Crippen LogP contribution in [0.2, 0.25) is 0 Å². The molecule has 16 heavy (non-hydrogen) atoms. The van der Waals surface area contributed by atoms with Crippen molar-refractivity contribution in [2.24, 2.45) is 5.73 Å². The molecule has 1 aromatic rings. The third kappa shape index (κ3) is 3.86. The van der Waals surface area contributed by atoms with Gasteiger partial charge in [0, 0.05) is 17.8 Å². The molecule has 0 aliphatic rings. The summed E-state index contributed by atoms with van der Waals surface area (Å²) in [5.41, 5.74) is 7.69. The first-order valence-electron chi connectivity index (χ1n) is 5.16. The Morgan fingerprint density at radius 1 is 1.75 bits per heavy atom. The van der Waals surface area contributed by atoms with E-state index in [1.54, 1.807) is 18.0 Å².